The summed E-state index contributed by atoms with van der Waals surface area (Å²) in [5, 5.41) is 6.15. The molecule has 1 unspecified atom stereocenters. The molecule has 1 aliphatic rings. The number of carbonyl (C=O) groups excluding carboxylic acids is 1. The Hall–Kier alpha value is -0.820. The summed E-state index contributed by atoms with van der Waals surface area (Å²) in [7, 11) is -3.55. The van der Waals surface area contributed by atoms with E-state index < -0.39 is 10.0 Å². The third-order valence-electron chi connectivity index (χ3n) is 3.43. The first-order chi connectivity index (χ1) is 9.74. The van der Waals surface area contributed by atoms with Crippen LogP contribution in [0.5, 0.6) is 0 Å². The molecule has 0 saturated carbocycles. The summed E-state index contributed by atoms with van der Waals surface area (Å²) in [4.78, 5) is 13.5. The van der Waals surface area contributed by atoms with Gasteiger partial charge in [0, 0.05) is 35.5 Å². The van der Waals surface area contributed by atoms with Crippen molar-refractivity contribution in [2.24, 2.45) is 11.1 Å². The predicted molar refractivity (Wildman–Crippen MR) is 82.8 cm³/mol. The van der Waals surface area contributed by atoms with Gasteiger partial charge in [0.25, 0.3) is 0 Å². The summed E-state index contributed by atoms with van der Waals surface area (Å²) >= 11 is 11.9. The predicted octanol–water partition coefficient (Wildman–Crippen LogP) is 1.67. The first-order valence-electron chi connectivity index (χ1n) is 6.47. The molecule has 0 aliphatic carbocycles. The maximum atomic E-state index is 11.9. The van der Waals surface area contributed by atoms with Gasteiger partial charge in [-0.05, 0) is 24.1 Å². The molecule has 1 aromatic carbocycles. The third-order valence-corrected chi connectivity index (χ3v) is 4.95. The maximum Gasteiger partial charge on any atom is 0.222 e. The number of likely N-dealkylation sites (tertiary alicyclic amines) is 1. The molecule has 8 heteroatoms. The van der Waals surface area contributed by atoms with E-state index in [9.17, 15) is 13.2 Å². The summed E-state index contributed by atoms with van der Waals surface area (Å²) in [5.74, 6) is -0.432. The number of hydrogen-bond acceptors (Lipinski definition) is 3. The van der Waals surface area contributed by atoms with Gasteiger partial charge in [-0.25, -0.2) is 13.6 Å². The summed E-state index contributed by atoms with van der Waals surface area (Å²) < 4.78 is 22.1. The van der Waals surface area contributed by atoms with E-state index in [4.69, 9.17) is 28.3 Å². The Bertz CT molecular complexity index is 649. The van der Waals surface area contributed by atoms with Crippen LogP contribution in [0.2, 0.25) is 10.0 Å². The van der Waals surface area contributed by atoms with E-state index in [2.05, 4.69) is 0 Å². The van der Waals surface area contributed by atoms with E-state index >= 15 is 0 Å². The lowest BCUT2D eigenvalue weighted by Crippen LogP contribution is -2.29. The highest BCUT2D eigenvalue weighted by Crippen LogP contribution is 2.23. The minimum atomic E-state index is -3.55. The van der Waals surface area contributed by atoms with Gasteiger partial charge in [0.1, 0.15) is 0 Å². The van der Waals surface area contributed by atoms with Crippen molar-refractivity contribution in [2.45, 2.75) is 12.8 Å². The molecule has 1 fully saturated rings. The van der Waals surface area contributed by atoms with Crippen LogP contribution >= 0.6 is 23.2 Å². The van der Waals surface area contributed by atoms with Crippen LogP contribution in [0.1, 0.15) is 12.0 Å². The fourth-order valence-corrected chi connectivity index (χ4v) is 3.87. The average molecular weight is 351 g/mol. The Morgan fingerprint density at radius 1 is 1.33 bits per heavy atom. The molecule has 0 bridgehead atoms. The standard InChI is InChI=1S/C13H16Cl2N2O3S/c14-11-2-1-10(12(15)6-11)3-4-17-7-9(5-13(17)18)8-21(16,19)20/h1-2,6,9H,3-5,7-8H2,(H2,16,19,20). The van der Waals surface area contributed by atoms with Crippen molar-refractivity contribution in [2.75, 3.05) is 18.8 Å². The molecule has 1 atom stereocenters. The van der Waals surface area contributed by atoms with E-state index in [1.54, 1.807) is 17.0 Å². The van der Waals surface area contributed by atoms with Crippen molar-refractivity contribution in [1.29, 1.82) is 0 Å². The van der Waals surface area contributed by atoms with Gasteiger partial charge >= 0.3 is 0 Å². The van der Waals surface area contributed by atoms with Crippen LogP contribution in [0.3, 0.4) is 0 Å². The minimum Gasteiger partial charge on any atom is -0.342 e. The molecule has 2 N–H and O–H groups in total. The number of halogens is 2. The zero-order valence-corrected chi connectivity index (χ0v) is 13.6. The number of rotatable bonds is 5. The first kappa shape index (κ1) is 16.5. The Morgan fingerprint density at radius 2 is 2.05 bits per heavy atom. The third kappa shape index (κ3) is 4.85. The van der Waals surface area contributed by atoms with Gasteiger partial charge in [0.2, 0.25) is 15.9 Å². The monoisotopic (exact) mass is 350 g/mol. The van der Waals surface area contributed by atoms with Crippen LogP contribution < -0.4 is 5.14 Å². The highest BCUT2D eigenvalue weighted by molar-refractivity contribution is 7.89. The Morgan fingerprint density at radius 3 is 2.67 bits per heavy atom. The van der Waals surface area contributed by atoms with Crippen molar-refractivity contribution in [1.82, 2.24) is 4.90 Å². The SMILES string of the molecule is NS(=O)(=O)CC1CC(=O)N(CCc2ccc(Cl)cc2Cl)C1. The van der Waals surface area contributed by atoms with E-state index in [0.717, 1.165) is 5.56 Å². The van der Waals surface area contributed by atoms with Crippen molar-refractivity contribution in [3.63, 3.8) is 0 Å². The molecule has 21 heavy (non-hydrogen) atoms. The number of benzene rings is 1. The quantitative estimate of drug-likeness (QED) is 0.876. The molecule has 0 spiro atoms. The van der Waals surface area contributed by atoms with Gasteiger partial charge in [-0.2, -0.15) is 0 Å². The fourth-order valence-electron chi connectivity index (χ4n) is 2.49. The average Bonchev–Trinajstić information content (AvgIpc) is 2.66. The Balaban J connectivity index is 1.93. The molecular formula is C13H16Cl2N2O3S. The Kier molecular flexibility index (Phi) is 5.14. The summed E-state index contributed by atoms with van der Waals surface area (Å²) in [5.41, 5.74) is 0.906. The van der Waals surface area contributed by atoms with Gasteiger partial charge in [-0.15, -0.1) is 0 Å². The highest BCUT2D eigenvalue weighted by Gasteiger charge is 2.31. The first-order valence-corrected chi connectivity index (χ1v) is 8.94. The van der Waals surface area contributed by atoms with Gasteiger partial charge < -0.3 is 4.90 Å². The van der Waals surface area contributed by atoms with Crippen molar-refractivity contribution < 1.29 is 13.2 Å². The molecule has 0 radical (unpaired) electrons. The largest absolute Gasteiger partial charge is 0.342 e. The molecule has 116 valence electrons. The van der Waals surface area contributed by atoms with Crippen LogP contribution in [-0.4, -0.2) is 38.1 Å². The number of carbonyl (C=O) groups is 1. The highest BCUT2D eigenvalue weighted by atomic mass is 35.5. The normalized spacial score (nSPS) is 19.3. The number of primary sulfonamides is 1. The number of nitrogens with two attached hydrogens (primary N) is 1. The summed E-state index contributed by atoms with van der Waals surface area (Å²) in [6, 6.07) is 5.24. The zero-order chi connectivity index (χ0) is 15.6. The van der Waals surface area contributed by atoms with Crippen LogP contribution in [0, 0.1) is 5.92 Å². The molecule has 1 aliphatic heterocycles. The number of amides is 1. The molecule has 1 heterocycles. The Labute approximate surface area is 134 Å². The van der Waals surface area contributed by atoms with Crippen LogP contribution in [-0.2, 0) is 21.2 Å². The second-order valence-corrected chi connectivity index (χ2v) is 7.73. The van der Waals surface area contributed by atoms with Gasteiger partial charge in [-0.1, -0.05) is 29.3 Å². The lowest BCUT2D eigenvalue weighted by molar-refractivity contribution is -0.127. The molecule has 5 nitrogen and oxygen atoms in total. The number of sulfonamides is 1. The summed E-state index contributed by atoms with van der Waals surface area (Å²) in [6.45, 7) is 0.918. The van der Waals surface area contributed by atoms with Crippen molar-refractivity contribution in [3.05, 3.63) is 33.8 Å². The molecule has 2 rings (SSSR count). The lowest BCUT2D eigenvalue weighted by Gasteiger charge is -2.17. The van der Waals surface area contributed by atoms with Gasteiger partial charge in [0.15, 0.2) is 0 Å². The van der Waals surface area contributed by atoms with Gasteiger partial charge in [-0.3, -0.25) is 4.79 Å². The van der Waals surface area contributed by atoms with Crippen LogP contribution in [0.4, 0.5) is 0 Å². The minimum absolute atomic E-state index is 0.0475. The van der Waals surface area contributed by atoms with E-state index in [0.29, 0.717) is 29.6 Å². The number of hydrogen-bond donors (Lipinski definition) is 1. The van der Waals surface area contributed by atoms with E-state index in [1.807, 2.05) is 6.07 Å². The lowest BCUT2D eigenvalue weighted by atomic mass is 10.1. The molecule has 0 aromatic heterocycles. The summed E-state index contributed by atoms with van der Waals surface area (Å²) in [6.07, 6.45) is 0.828. The zero-order valence-electron chi connectivity index (χ0n) is 11.3. The van der Waals surface area contributed by atoms with Crippen LogP contribution in [0.25, 0.3) is 0 Å². The topological polar surface area (TPSA) is 80.5 Å². The second kappa shape index (κ2) is 6.52. The smallest absolute Gasteiger partial charge is 0.222 e. The maximum absolute atomic E-state index is 11.9. The molecule has 1 amide bonds. The van der Waals surface area contributed by atoms with Gasteiger partial charge in [0.05, 0.1) is 5.75 Å². The number of nitrogens with zero attached hydrogens (tertiary/aromatic N) is 1. The molecular weight excluding hydrogens is 335 g/mol. The fraction of sp³-hybridized carbons (Fsp3) is 0.462. The molecule has 1 saturated heterocycles. The van der Waals surface area contributed by atoms with E-state index in [-0.39, 0.29) is 24.0 Å². The van der Waals surface area contributed by atoms with Crippen molar-refractivity contribution in [3.8, 4) is 0 Å². The van der Waals surface area contributed by atoms with E-state index in [1.165, 1.54) is 0 Å². The van der Waals surface area contributed by atoms with Crippen molar-refractivity contribution >= 4 is 39.1 Å². The second-order valence-electron chi connectivity index (χ2n) is 5.23. The van der Waals surface area contributed by atoms with Crippen LogP contribution in [0.15, 0.2) is 18.2 Å². The molecule has 1 aromatic rings.